The van der Waals surface area contributed by atoms with Crippen LogP contribution in [0.2, 0.25) is 0 Å². The summed E-state index contributed by atoms with van der Waals surface area (Å²) in [6.07, 6.45) is -4.75. The van der Waals surface area contributed by atoms with Gasteiger partial charge in [-0.1, -0.05) is 26.8 Å². The predicted octanol–water partition coefficient (Wildman–Crippen LogP) is 4.89. The van der Waals surface area contributed by atoms with Crippen molar-refractivity contribution >= 4 is 11.5 Å². The Balaban J connectivity index is 2.07. The lowest BCUT2D eigenvalue weighted by Crippen LogP contribution is -2.27. The minimum Gasteiger partial charge on any atom is -0.390 e. The molecule has 0 amide bonds. The third kappa shape index (κ3) is 4.34. The minimum atomic E-state index is -4.75. The van der Waals surface area contributed by atoms with Crippen LogP contribution in [0.5, 0.6) is 0 Å². The monoisotopic (exact) mass is 410 g/mol. The fraction of sp³-hybridized carbons (Fsp3) is 0.400. The van der Waals surface area contributed by atoms with Crippen LogP contribution >= 0.6 is 0 Å². The normalized spacial score (nSPS) is 13.7. The highest BCUT2D eigenvalue weighted by Gasteiger charge is 2.35. The van der Waals surface area contributed by atoms with E-state index in [1.54, 1.807) is 19.1 Å². The molecule has 156 valence electrons. The molecule has 3 rings (SSSR count). The van der Waals surface area contributed by atoms with Crippen LogP contribution < -0.4 is 5.32 Å². The number of hydrogen-bond acceptors (Lipinski definition) is 4. The van der Waals surface area contributed by atoms with Gasteiger partial charge in [0.05, 0.1) is 23.9 Å². The Bertz CT molecular complexity index is 1040. The fourth-order valence-corrected chi connectivity index (χ4v) is 3.22. The number of halogens is 4. The Morgan fingerprint density at radius 2 is 1.83 bits per heavy atom. The first-order valence-electron chi connectivity index (χ1n) is 9.00. The van der Waals surface area contributed by atoms with Gasteiger partial charge in [-0.25, -0.2) is 9.37 Å². The van der Waals surface area contributed by atoms with Crippen LogP contribution in [-0.4, -0.2) is 19.7 Å². The summed E-state index contributed by atoms with van der Waals surface area (Å²) >= 11 is 0. The maximum absolute atomic E-state index is 14.2. The SMILES string of the molecule is Cc1cc(N[C@@H](c2ccc(C(F)(F)F)c(F)c2)C(C)(C)C)n2nc(CO)cc2n1. The predicted molar refractivity (Wildman–Crippen MR) is 101 cm³/mol. The Labute approximate surface area is 165 Å². The molecule has 0 bridgehead atoms. The van der Waals surface area contributed by atoms with Gasteiger partial charge < -0.3 is 10.4 Å². The van der Waals surface area contributed by atoms with Gasteiger partial charge in [0.1, 0.15) is 11.6 Å². The van der Waals surface area contributed by atoms with Crippen molar-refractivity contribution in [2.75, 3.05) is 5.32 Å². The average molecular weight is 410 g/mol. The zero-order chi connectivity index (χ0) is 21.6. The van der Waals surface area contributed by atoms with Gasteiger partial charge in [0, 0.05) is 17.8 Å². The van der Waals surface area contributed by atoms with Crippen molar-refractivity contribution in [2.45, 2.75) is 46.5 Å². The number of benzene rings is 1. The molecule has 29 heavy (non-hydrogen) atoms. The molecule has 0 spiro atoms. The maximum atomic E-state index is 14.2. The molecular weight excluding hydrogens is 388 g/mol. The number of aryl methyl sites for hydroxylation is 1. The van der Waals surface area contributed by atoms with Crippen molar-refractivity contribution in [1.29, 1.82) is 0 Å². The van der Waals surface area contributed by atoms with E-state index in [0.717, 1.165) is 12.1 Å². The first kappa shape index (κ1) is 21.0. The molecular formula is C20H22F4N4O. The van der Waals surface area contributed by atoms with E-state index in [4.69, 9.17) is 0 Å². The summed E-state index contributed by atoms with van der Waals surface area (Å²) in [4.78, 5) is 4.36. The van der Waals surface area contributed by atoms with Crippen LogP contribution in [0.4, 0.5) is 23.4 Å². The van der Waals surface area contributed by atoms with E-state index < -0.39 is 29.0 Å². The van der Waals surface area contributed by atoms with Crippen molar-refractivity contribution in [1.82, 2.24) is 14.6 Å². The van der Waals surface area contributed by atoms with E-state index in [1.807, 2.05) is 20.8 Å². The summed E-state index contributed by atoms with van der Waals surface area (Å²) in [6.45, 7) is 7.23. The number of aliphatic hydroxyl groups excluding tert-OH is 1. The molecule has 3 aromatic rings. The molecule has 2 heterocycles. The molecule has 5 nitrogen and oxygen atoms in total. The molecule has 1 aromatic carbocycles. The Hall–Kier alpha value is -2.68. The van der Waals surface area contributed by atoms with Gasteiger partial charge in [0.25, 0.3) is 0 Å². The molecule has 0 saturated carbocycles. The highest BCUT2D eigenvalue weighted by atomic mass is 19.4. The maximum Gasteiger partial charge on any atom is 0.419 e. The molecule has 0 radical (unpaired) electrons. The molecule has 1 atom stereocenters. The number of nitrogens with one attached hydrogen (secondary N) is 1. The van der Waals surface area contributed by atoms with Crippen molar-refractivity contribution in [3.05, 3.63) is 58.7 Å². The van der Waals surface area contributed by atoms with E-state index in [9.17, 15) is 22.7 Å². The van der Waals surface area contributed by atoms with Crippen LogP contribution in [0.1, 0.15) is 49.3 Å². The smallest absolute Gasteiger partial charge is 0.390 e. The molecule has 0 fully saturated rings. The van der Waals surface area contributed by atoms with E-state index in [-0.39, 0.29) is 6.61 Å². The van der Waals surface area contributed by atoms with E-state index in [2.05, 4.69) is 15.4 Å². The molecule has 0 aliphatic heterocycles. The van der Waals surface area contributed by atoms with Crippen LogP contribution in [0.3, 0.4) is 0 Å². The lowest BCUT2D eigenvalue weighted by Gasteiger charge is -2.33. The molecule has 0 aliphatic rings. The number of alkyl halides is 3. The second-order valence-corrected chi connectivity index (χ2v) is 8.03. The van der Waals surface area contributed by atoms with Crippen LogP contribution in [0.25, 0.3) is 5.65 Å². The zero-order valence-electron chi connectivity index (χ0n) is 16.5. The van der Waals surface area contributed by atoms with Crippen molar-refractivity contribution in [3.8, 4) is 0 Å². The largest absolute Gasteiger partial charge is 0.419 e. The third-order valence-electron chi connectivity index (χ3n) is 4.56. The topological polar surface area (TPSA) is 62.5 Å². The number of rotatable bonds is 4. The van der Waals surface area contributed by atoms with Gasteiger partial charge >= 0.3 is 6.18 Å². The third-order valence-corrected chi connectivity index (χ3v) is 4.56. The second-order valence-electron chi connectivity index (χ2n) is 8.03. The highest BCUT2D eigenvalue weighted by molar-refractivity contribution is 5.52. The summed E-state index contributed by atoms with van der Waals surface area (Å²) < 4.78 is 54.5. The van der Waals surface area contributed by atoms with E-state index in [1.165, 1.54) is 10.6 Å². The first-order valence-corrected chi connectivity index (χ1v) is 9.00. The quantitative estimate of drug-likeness (QED) is 0.602. The molecule has 2 aromatic heterocycles. The molecule has 0 saturated heterocycles. The lowest BCUT2D eigenvalue weighted by molar-refractivity contribution is -0.140. The number of nitrogens with zero attached hydrogens (tertiary/aromatic N) is 3. The van der Waals surface area contributed by atoms with Gasteiger partial charge in [0.2, 0.25) is 0 Å². The van der Waals surface area contributed by atoms with Gasteiger partial charge in [-0.2, -0.15) is 22.8 Å². The first-order chi connectivity index (χ1) is 13.4. The summed E-state index contributed by atoms with van der Waals surface area (Å²) in [5.74, 6) is -0.781. The molecule has 9 heteroatoms. The average Bonchev–Trinajstić information content (AvgIpc) is 3.00. The minimum absolute atomic E-state index is 0.255. The van der Waals surface area contributed by atoms with Crippen molar-refractivity contribution in [3.63, 3.8) is 0 Å². The van der Waals surface area contributed by atoms with E-state index >= 15 is 0 Å². The molecule has 0 aliphatic carbocycles. The number of aliphatic hydroxyl groups is 1. The van der Waals surface area contributed by atoms with Crippen LogP contribution in [0.15, 0.2) is 30.3 Å². The molecule has 0 unspecified atom stereocenters. The summed E-state index contributed by atoms with van der Waals surface area (Å²) in [5, 5.41) is 16.9. The Kier molecular flexibility index (Phi) is 5.29. The van der Waals surface area contributed by atoms with Crippen molar-refractivity contribution < 1.29 is 22.7 Å². The highest BCUT2D eigenvalue weighted by Crippen LogP contribution is 2.38. The number of aromatic nitrogens is 3. The Morgan fingerprint density at radius 3 is 2.38 bits per heavy atom. The van der Waals surface area contributed by atoms with Gasteiger partial charge in [-0.3, -0.25) is 0 Å². The van der Waals surface area contributed by atoms with Crippen LogP contribution in [-0.2, 0) is 12.8 Å². The lowest BCUT2D eigenvalue weighted by atomic mass is 9.82. The summed E-state index contributed by atoms with van der Waals surface area (Å²) in [5.41, 5.74) is 0.246. The Morgan fingerprint density at radius 1 is 1.14 bits per heavy atom. The standard InChI is InChI=1S/C20H22F4N4O/c1-11-7-16(28-17(25-11)9-13(10-29)27-28)26-18(19(2,3)4)12-5-6-14(15(21)8-12)20(22,23)24/h5-9,18,26,29H,10H2,1-4H3/t18-/m0/s1. The second kappa shape index (κ2) is 7.29. The van der Waals surface area contributed by atoms with Crippen molar-refractivity contribution in [2.24, 2.45) is 5.41 Å². The van der Waals surface area contributed by atoms with E-state index in [0.29, 0.717) is 28.4 Å². The molecule has 2 N–H and O–H groups in total. The zero-order valence-corrected chi connectivity index (χ0v) is 16.5. The number of anilines is 1. The number of hydrogen-bond donors (Lipinski definition) is 2. The fourth-order valence-electron chi connectivity index (χ4n) is 3.22. The van der Waals surface area contributed by atoms with Gasteiger partial charge in [0.15, 0.2) is 5.65 Å². The van der Waals surface area contributed by atoms with Gasteiger partial charge in [-0.15, -0.1) is 0 Å². The van der Waals surface area contributed by atoms with Gasteiger partial charge in [-0.05, 0) is 30.0 Å². The summed E-state index contributed by atoms with van der Waals surface area (Å²) in [6, 6.07) is 5.81. The summed E-state index contributed by atoms with van der Waals surface area (Å²) in [7, 11) is 0. The van der Waals surface area contributed by atoms with Crippen LogP contribution in [0, 0.1) is 18.2 Å². The number of fused-ring (bicyclic) bond motifs is 1.